The lowest BCUT2D eigenvalue weighted by Gasteiger charge is -2.11. The Kier molecular flexibility index (Phi) is 4.15. The first-order valence-corrected chi connectivity index (χ1v) is 6.05. The summed E-state index contributed by atoms with van der Waals surface area (Å²) >= 11 is 0. The molecule has 1 aromatic carbocycles. The molecule has 0 atom stereocenters. The number of halogens is 3. The van der Waals surface area contributed by atoms with E-state index in [1.165, 1.54) is 29.0 Å². The molecule has 0 aliphatic rings. The van der Waals surface area contributed by atoms with E-state index in [1.807, 2.05) is 4.72 Å². The molecular formula is C9H8F3N3O2S. The van der Waals surface area contributed by atoms with Crippen molar-refractivity contribution >= 4 is 15.9 Å². The summed E-state index contributed by atoms with van der Waals surface area (Å²) in [5.41, 5.74) is -0.0791. The van der Waals surface area contributed by atoms with E-state index < -0.39 is 22.9 Å². The van der Waals surface area contributed by atoms with Crippen LogP contribution in [0.5, 0.6) is 0 Å². The van der Waals surface area contributed by atoms with Gasteiger partial charge in [0.2, 0.25) is 0 Å². The zero-order valence-electron chi connectivity index (χ0n) is 8.82. The summed E-state index contributed by atoms with van der Waals surface area (Å²) in [5.74, 6) is 0. The summed E-state index contributed by atoms with van der Waals surface area (Å²) in [6.07, 6.45) is -4.65. The van der Waals surface area contributed by atoms with Gasteiger partial charge in [0.25, 0.3) is 10.2 Å². The van der Waals surface area contributed by atoms with Crippen LogP contribution in [0.3, 0.4) is 0 Å². The predicted octanol–water partition coefficient (Wildman–Crippen LogP) is 1.37. The molecule has 5 nitrogen and oxygen atoms in total. The lowest BCUT2D eigenvalue weighted by molar-refractivity contribution is -0.121. The first-order valence-electron chi connectivity index (χ1n) is 4.57. The minimum absolute atomic E-state index is 0.00915. The van der Waals surface area contributed by atoms with Crippen molar-refractivity contribution in [2.24, 2.45) is 0 Å². The molecule has 0 amide bonds. The van der Waals surface area contributed by atoms with Crippen LogP contribution in [0.15, 0.2) is 24.3 Å². The molecule has 1 aromatic rings. The van der Waals surface area contributed by atoms with E-state index in [2.05, 4.69) is 0 Å². The lowest BCUT2D eigenvalue weighted by atomic mass is 10.2. The van der Waals surface area contributed by atoms with Crippen molar-refractivity contribution in [2.45, 2.75) is 6.18 Å². The second-order valence-corrected chi connectivity index (χ2v) is 4.70. The van der Waals surface area contributed by atoms with E-state index in [1.54, 1.807) is 6.07 Å². The summed E-state index contributed by atoms with van der Waals surface area (Å²) in [7, 11) is -4.37. The molecule has 0 aliphatic carbocycles. The summed E-state index contributed by atoms with van der Waals surface area (Å²) < 4.78 is 61.3. The molecule has 0 radical (unpaired) electrons. The van der Waals surface area contributed by atoms with Gasteiger partial charge >= 0.3 is 6.18 Å². The van der Waals surface area contributed by atoms with E-state index in [0.29, 0.717) is 0 Å². The van der Waals surface area contributed by atoms with E-state index in [-0.39, 0.29) is 11.3 Å². The lowest BCUT2D eigenvalue weighted by Crippen LogP contribution is -2.37. The maximum absolute atomic E-state index is 11.9. The predicted molar refractivity (Wildman–Crippen MR) is 57.8 cm³/mol. The quantitative estimate of drug-likeness (QED) is 0.873. The second kappa shape index (κ2) is 5.24. The van der Waals surface area contributed by atoms with Gasteiger partial charge in [-0.1, -0.05) is 12.1 Å². The van der Waals surface area contributed by atoms with Crippen molar-refractivity contribution in [3.8, 4) is 6.07 Å². The molecular weight excluding hydrogens is 271 g/mol. The third-order valence-electron chi connectivity index (χ3n) is 1.75. The molecule has 18 heavy (non-hydrogen) atoms. The van der Waals surface area contributed by atoms with Crippen LogP contribution in [0.25, 0.3) is 0 Å². The molecule has 0 aliphatic heterocycles. The Labute approximate surface area is 101 Å². The minimum atomic E-state index is -4.65. The first kappa shape index (κ1) is 14.3. The van der Waals surface area contributed by atoms with Crippen molar-refractivity contribution < 1.29 is 21.6 Å². The molecule has 0 unspecified atom stereocenters. The summed E-state index contributed by atoms with van der Waals surface area (Å²) in [4.78, 5) is 0. The number of benzene rings is 1. The molecule has 0 aromatic heterocycles. The van der Waals surface area contributed by atoms with Gasteiger partial charge in [0, 0.05) is 0 Å². The van der Waals surface area contributed by atoms with Gasteiger partial charge in [-0.3, -0.25) is 4.72 Å². The fourth-order valence-electron chi connectivity index (χ4n) is 1.03. The fraction of sp³-hybridized carbons (Fsp3) is 0.222. The van der Waals surface area contributed by atoms with Crippen LogP contribution in [0, 0.1) is 11.3 Å². The number of hydrogen-bond donors (Lipinski definition) is 2. The topological polar surface area (TPSA) is 82.0 Å². The van der Waals surface area contributed by atoms with Crippen molar-refractivity contribution in [3.63, 3.8) is 0 Å². The molecule has 98 valence electrons. The smallest absolute Gasteiger partial charge is 0.270 e. The van der Waals surface area contributed by atoms with E-state index in [9.17, 15) is 21.6 Å². The Balaban J connectivity index is 2.81. The molecule has 1 rings (SSSR count). The number of alkyl halides is 3. The first-order chi connectivity index (χ1) is 8.23. The highest BCUT2D eigenvalue weighted by atomic mass is 32.2. The summed E-state index contributed by atoms with van der Waals surface area (Å²) in [5, 5.41) is 8.69. The Hall–Kier alpha value is -1.79. The van der Waals surface area contributed by atoms with Crippen LogP contribution in [0.2, 0.25) is 0 Å². The number of hydrogen-bond acceptors (Lipinski definition) is 3. The van der Waals surface area contributed by atoms with Gasteiger partial charge in [0.15, 0.2) is 0 Å². The van der Waals surface area contributed by atoms with E-state index >= 15 is 0 Å². The van der Waals surface area contributed by atoms with Crippen molar-refractivity contribution in [3.05, 3.63) is 29.8 Å². The third kappa shape index (κ3) is 4.60. The number of para-hydroxylation sites is 1. The number of rotatable bonds is 4. The van der Waals surface area contributed by atoms with Crippen molar-refractivity contribution in [2.75, 3.05) is 11.3 Å². The van der Waals surface area contributed by atoms with Gasteiger partial charge in [-0.05, 0) is 12.1 Å². The Bertz CT molecular complexity index is 563. The molecule has 9 heteroatoms. The average Bonchev–Trinajstić information content (AvgIpc) is 2.26. The number of nitrogens with zero attached hydrogens (tertiary/aromatic N) is 1. The van der Waals surface area contributed by atoms with E-state index in [4.69, 9.17) is 5.26 Å². The zero-order valence-corrected chi connectivity index (χ0v) is 9.64. The van der Waals surface area contributed by atoms with Crippen molar-refractivity contribution in [1.82, 2.24) is 4.72 Å². The molecule has 0 heterocycles. The standard InChI is InChI=1S/C9H8F3N3O2S/c10-9(11,12)6-14-18(16,17)15-8-4-2-1-3-7(8)5-13/h1-4,14-15H,6H2. The average molecular weight is 279 g/mol. The molecule has 0 fully saturated rings. The van der Waals surface area contributed by atoms with E-state index in [0.717, 1.165) is 0 Å². The van der Waals surface area contributed by atoms with Gasteiger partial charge in [-0.15, -0.1) is 0 Å². The summed E-state index contributed by atoms with van der Waals surface area (Å²) in [6.45, 7) is -1.68. The SMILES string of the molecule is N#Cc1ccccc1NS(=O)(=O)NCC(F)(F)F. The van der Waals surface area contributed by atoms with Gasteiger partial charge in [0.1, 0.15) is 12.6 Å². The van der Waals surface area contributed by atoms with Crippen LogP contribution < -0.4 is 9.44 Å². The monoisotopic (exact) mass is 279 g/mol. The van der Waals surface area contributed by atoms with Crippen LogP contribution in [0.1, 0.15) is 5.56 Å². The molecule has 2 N–H and O–H groups in total. The molecule has 0 bridgehead atoms. The van der Waals surface area contributed by atoms with Crippen LogP contribution in [-0.2, 0) is 10.2 Å². The van der Waals surface area contributed by atoms with Gasteiger partial charge < -0.3 is 0 Å². The second-order valence-electron chi connectivity index (χ2n) is 3.20. The van der Waals surface area contributed by atoms with Crippen LogP contribution in [-0.4, -0.2) is 21.1 Å². The molecule has 0 saturated heterocycles. The maximum Gasteiger partial charge on any atom is 0.402 e. The Morgan fingerprint density at radius 2 is 1.89 bits per heavy atom. The summed E-state index contributed by atoms with van der Waals surface area (Å²) in [6, 6.07) is 7.26. The number of anilines is 1. The highest BCUT2D eigenvalue weighted by Gasteiger charge is 2.29. The zero-order chi connectivity index (χ0) is 13.8. The highest BCUT2D eigenvalue weighted by Crippen LogP contribution is 2.16. The molecule has 0 saturated carbocycles. The highest BCUT2D eigenvalue weighted by molar-refractivity contribution is 7.90. The van der Waals surface area contributed by atoms with Gasteiger partial charge in [-0.2, -0.15) is 31.6 Å². The van der Waals surface area contributed by atoms with Crippen LogP contribution in [0.4, 0.5) is 18.9 Å². The normalized spacial score (nSPS) is 11.9. The van der Waals surface area contributed by atoms with Gasteiger partial charge in [0.05, 0.1) is 11.3 Å². The number of nitrogens with one attached hydrogen (secondary N) is 2. The Morgan fingerprint density at radius 3 is 2.44 bits per heavy atom. The fourth-order valence-corrected chi connectivity index (χ4v) is 1.92. The largest absolute Gasteiger partial charge is 0.402 e. The van der Waals surface area contributed by atoms with Gasteiger partial charge in [-0.25, -0.2) is 0 Å². The third-order valence-corrected chi connectivity index (χ3v) is 2.77. The molecule has 0 spiro atoms. The number of nitriles is 1. The Morgan fingerprint density at radius 1 is 1.28 bits per heavy atom. The van der Waals surface area contributed by atoms with Crippen LogP contribution >= 0.6 is 0 Å². The maximum atomic E-state index is 11.9. The van der Waals surface area contributed by atoms with Crippen molar-refractivity contribution in [1.29, 1.82) is 5.26 Å². The minimum Gasteiger partial charge on any atom is -0.270 e.